The summed E-state index contributed by atoms with van der Waals surface area (Å²) < 4.78 is 0. The van der Waals surface area contributed by atoms with Crippen LogP contribution in [0.2, 0.25) is 0 Å². The quantitative estimate of drug-likeness (QED) is 0.593. The van der Waals surface area contributed by atoms with Gasteiger partial charge in [0, 0.05) is 0 Å². The van der Waals surface area contributed by atoms with Crippen LogP contribution in [0.4, 0.5) is 0 Å². The van der Waals surface area contributed by atoms with Gasteiger partial charge in [-0.3, -0.25) is 0 Å². The lowest BCUT2D eigenvalue weighted by molar-refractivity contribution is 0.0255. The third-order valence-corrected chi connectivity index (χ3v) is 4.33. The van der Waals surface area contributed by atoms with Crippen LogP contribution in [0.25, 0.3) is 0 Å². The highest BCUT2D eigenvalue weighted by Crippen LogP contribution is 2.53. The molecule has 0 N–H and O–H groups in total. The zero-order valence-electron chi connectivity index (χ0n) is 9.91. The van der Waals surface area contributed by atoms with Crippen LogP contribution in [0.15, 0.2) is 0 Å². The Balaban J connectivity index is 2.75. The average Bonchev–Trinajstić information content (AvgIpc) is 2.00. The molecule has 0 nitrogen and oxygen atoms in total. The lowest BCUT2D eigenvalue weighted by Gasteiger charge is -2.51. The van der Waals surface area contributed by atoms with Gasteiger partial charge in [-0.2, -0.15) is 0 Å². The molecular weight excluding hydrogens is 156 g/mol. The number of hydrogen-bond donors (Lipinski definition) is 0. The standard InChI is InChI=1S/C13H24/c1-6-8-11-9-7-10-12(2,3)13(11,4)5/h11H,6-9H2,1-5H3. The molecule has 0 amide bonds. The predicted molar refractivity (Wildman–Crippen MR) is 58.4 cm³/mol. The molecule has 0 aromatic rings. The Bertz CT molecular complexity index is 163. The molecule has 76 valence electrons. The maximum absolute atomic E-state index is 3.64. The second kappa shape index (κ2) is 3.63. The van der Waals surface area contributed by atoms with Crippen molar-refractivity contribution in [2.24, 2.45) is 16.7 Å². The molecule has 1 fully saturated rings. The maximum atomic E-state index is 3.64. The fourth-order valence-electron chi connectivity index (χ4n) is 2.51. The van der Waals surface area contributed by atoms with Crippen LogP contribution in [0.1, 0.15) is 60.3 Å². The van der Waals surface area contributed by atoms with Gasteiger partial charge < -0.3 is 0 Å². The van der Waals surface area contributed by atoms with Gasteiger partial charge in [-0.1, -0.05) is 47.5 Å². The van der Waals surface area contributed by atoms with E-state index in [4.69, 9.17) is 0 Å². The molecule has 0 aromatic carbocycles. The first kappa shape index (κ1) is 11.1. The van der Waals surface area contributed by atoms with Crippen LogP contribution in [0, 0.1) is 23.2 Å². The summed E-state index contributed by atoms with van der Waals surface area (Å²) in [6.45, 7) is 11.8. The Morgan fingerprint density at radius 1 is 1.23 bits per heavy atom. The predicted octanol–water partition coefficient (Wildman–Crippen LogP) is 4.33. The first-order valence-corrected chi connectivity index (χ1v) is 5.67. The van der Waals surface area contributed by atoms with Crippen molar-refractivity contribution in [3.63, 3.8) is 0 Å². The molecule has 13 heavy (non-hydrogen) atoms. The third kappa shape index (κ3) is 1.92. The molecule has 0 heterocycles. The van der Waals surface area contributed by atoms with E-state index in [2.05, 4.69) is 41.0 Å². The van der Waals surface area contributed by atoms with Crippen LogP contribution in [-0.4, -0.2) is 0 Å². The van der Waals surface area contributed by atoms with Crippen molar-refractivity contribution in [2.45, 2.75) is 60.3 Å². The fraction of sp³-hybridized carbons (Fsp3) is 0.923. The van der Waals surface area contributed by atoms with E-state index in [1.165, 1.54) is 25.7 Å². The minimum atomic E-state index is 0.297. The van der Waals surface area contributed by atoms with Gasteiger partial charge in [-0.15, -0.1) is 0 Å². The number of hydrogen-bond acceptors (Lipinski definition) is 0. The molecule has 0 heteroatoms. The van der Waals surface area contributed by atoms with Crippen LogP contribution in [0.5, 0.6) is 0 Å². The summed E-state index contributed by atoms with van der Waals surface area (Å²) in [6, 6.07) is 0. The van der Waals surface area contributed by atoms with Crippen LogP contribution in [0.3, 0.4) is 0 Å². The minimum Gasteiger partial charge on any atom is -0.0654 e. The zero-order chi connectivity index (χ0) is 10.1. The molecule has 1 aliphatic rings. The fourth-order valence-corrected chi connectivity index (χ4v) is 2.51. The third-order valence-electron chi connectivity index (χ3n) is 4.33. The first-order valence-electron chi connectivity index (χ1n) is 5.67. The Morgan fingerprint density at radius 3 is 2.38 bits per heavy atom. The summed E-state index contributed by atoms with van der Waals surface area (Å²) in [4.78, 5) is 0. The summed E-state index contributed by atoms with van der Waals surface area (Å²) >= 11 is 0. The van der Waals surface area contributed by atoms with Gasteiger partial charge in [-0.25, -0.2) is 0 Å². The highest BCUT2D eigenvalue weighted by molar-refractivity contribution is 5.03. The molecule has 0 aliphatic heterocycles. The maximum Gasteiger partial charge on any atom is -0.0106 e. The molecular formula is C13H24. The molecule has 1 saturated carbocycles. The van der Waals surface area contributed by atoms with E-state index < -0.39 is 0 Å². The van der Waals surface area contributed by atoms with E-state index >= 15 is 0 Å². The lowest BCUT2D eigenvalue weighted by Crippen LogP contribution is -2.42. The molecule has 1 atom stereocenters. The van der Waals surface area contributed by atoms with Crippen LogP contribution in [-0.2, 0) is 0 Å². The van der Waals surface area contributed by atoms with E-state index in [0.29, 0.717) is 10.8 Å². The van der Waals surface area contributed by atoms with E-state index in [1.807, 2.05) is 0 Å². The smallest absolute Gasteiger partial charge is 0.0106 e. The second-order valence-corrected chi connectivity index (χ2v) is 5.55. The van der Waals surface area contributed by atoms with Gasteiger partial charge >= 0.3 is 0 Å². The molecule has 2 radical (unpaired) electrons. The SMILES string of the molecule is CCCC1CC[C]C(C)(C)C1(C)C. The summed E-state index contributed by atoms with van der Waals surface area (Å²) in [6.07, 6.45) is 8.89. The van der Waals surface area contributed by atoms with Gasteiger partial charge in [0.15, 0.2) is 0 Å². The lowest BCUT2D eigenvalue weighted by atomic mass is 9.54. The molecule has 0 bridgehead atoms. The second-order valence-electron chi connectivity index (χ2n) is 5.55. The molecule has 1 rings (SSSR count). The largest absolute Gasteiger partial charge is 0.0654 e. The molecule has 0 saturated heterocycles. The van der Waals surface area contributed by atoms with E-state index in [1.54, 1.807) is 0 Å². The van der Waals surface area contributed by atoms with E-state index in [0.717, 1.165) is 5.92 Å². The minimum absolute atomic E-state index is 0.297. The van der Waals surface area contributed by atoms with Gasteiger partial charge in [-0.05, 0) is 36.0 Å². The number of rotatable bonds is 2. The topological polar surface area (TPSA) is 0 Å². The monoisotopic (exact) mass is 180 g/mol. The van der Waals surface area contributed by atoms with Crippen LogP contribution < -0.4 is 0 Å². The van der Waals surface area contributed by atoms with Crippen molar-refractivity contribution < 1.29 is 0 Å². The Kier molecular flexibility index (Phi) is 3.09. The van der Waals surface area contributed by atoms with Gasteiger partial charge in [0.2, 0.25) is 0 Å². The van der Waals surface area contributed by atoms with Gasteiger partial charge in [0.25, 0.3) is 0 Å². The first-order chi connectivity index (χ1) is 5.92. The summed E-state index contributed by atoms with van der Waals surface area (Å²) in [5.41, 5.74) is 0.729. The average molecular weight is 180 g/mol. The van der Waals surface area contributed by atoms with E-state index in [9.17, 15) is 0 Å². The van der Waals surface area contributed by atoms with Gasteiger partial charge in [0.1, 0.15) is 0 Å². The van der Waals surface area contributed by atoms with Crippen molar-refractivity contribution in [1.29, 1.82) is 0 Å². The van der Waals surface area contributed by atoms with Crippen molar-refractivity contribution in [3.8, 4) is 0 Å². The van der Waals surface area contributed by atoms with Gasteiger partial charge in [0.05, 0.1) is 0 Å². The molecule has 1 aliphatic carbocycles. The van der Waals surface area contributed by atoms with Crippen molar-refractivity contribution in [2.75, 3.05) is 0 Å². The summed E-state index contributed by atoms with van der Waals surface area (Å²) in [7, 11) is 0. The van der Waals surface area contributed by atoms with E-state index in [-0.39, 0.29) is 0 Å². The highest BCUT2D eigenvalue weighted by atomic mass is 14.5. The summed E-state index contributed by atoms with van der Waals surface area (Å²) in [5, 5.41) is 0. The Morgan fingerprint density at radius 2 is 1.85 bits per heavy atom. The Hall–Kier alpha value is 0. The van der Waals surface area contributed by atoms with Crippen molar-refractivity contribution in [1.82, 2.24) is 0 Å². The zero-order valence-corrected chi connectivity index (χ0v) is 9.91. The molecule has 0 aromatic heterocycles. The normalized spacial score (nSPS) is 31.6. The van der Waals surface area contributed by atoms with Crippen molar-refractivity contribution >= 4 is 0 Å². The summed E-state index contributed by atoms with van der Waals surface area (Å²) in [5.74, 6) is 0.897. The highest BCUT2D eigenvalue weighted by Gasteiger charge is 2.45. The van der Waals surface area contributed by atoms with Crippen LogP contribution >= 0.6 is 0 Å². The van der Waals surface area contributed by atoms with Crippen molar-refractivity contribution in [3.05, 3.63) is 6.42 Å². The molecule has 1 unspecified atom stereocenters. The Labute approximate surface area is 84.1 Å². The molecule has 0 spiro atoms.